The summed E-state index contributed by atoms with van der Waals surface area (Å²) in [6.07, 6.45) is 3.28. The lowest BCUT2D eigenvalue weighted by molar-refractivity contribution is 0.363. The third kappa shape index (κ3) is 10.2. The van der Waals surface area contributed by atoms with Crippen LogP contribution < -0.4 is 19.3 Å². The zero-order valence-electron chi connectivity index (χ0n) is 55.5. The van der Waals surface area contributed by atoms with E-state index in [2.05, 4.69) is 13.2 Å². The molecule has 3 aliphatic rings. The van der Waals surface area contributed by atoms with E-state index in [1.54, 1.807) is 187 Å². The van der Waals surface area contributed by atoms with Crippen molar-refractivity contribution < 1.29 is 66.5 Å². The van der Waals surface area contributed by atoms with Crippen LogP contribution in [0.15, 0.2) is 274 Å². The first-order valence-corrected chi connectivity index (χ1v) is 33.5. The minimum atomic E-state index is -2.39. The van der Waals surface area contributed by atoms with Gasteiger partial charge in [0.2, 0.25) is 11.6 Å². The van der Waals surface area contributed by atoms with Gasteiger partial charge in [0.15, 0.2) is 46.5 Å². The van der Waals surface area contributed by atoms with Crippen LogP contribution in [0.2, 0.25) is 0 Å². The van der Waals surface area contributed by atoms with Gasteiger partial charge in [-0.1, -0.05) is 171 Å². The van der Waals surface area contributed by atoms with Crippen LogP contribution in [0.5, 0.6) is 23.0 Å². The van der Waals surface area contributed by atoms with E-state index < -0.39 is 103 Å². The van der Waals surface area contributed by atoms with Crippen LogP contribution in [-0.4, -0.2) is 0 Å². The van der Waals surface area contributed by atoms with Gasteiger partial charge in [0.05, 0.1) is 16.5 Å². The quantitative estimate of drug-likeness (QED) is 0.0615. The van der Waals surface area contributed by atoms with Gasteiger partial charge in [0.1, 0.15) is 46.1 Å². The molecule has 0 saturated carbocycles. The Morgan fingerprint density at radius 3 is 1.25 bits per heavy atom. The highest BCUT2D eigenvalue weighted by atomic mass is 19.2. The molecule has 107 heavy (non-hydrogen) atoms. The highest BCUT2D eigenvalue weighted by molar-refractivity contribution is 5.98. The molecule has 0 amide bonds. The second-order valence-electron chi connectivity index (χ2n) is 25.9. The molecule has 14 aromatic rings. The molecule has 2 bridgehead atoms. The van der Waals surface area contributed by atoms with E-state index in [1.807, 2.05) is 0 Å². The van der Waals surface area contributed by atoms with E-state index in [0.717, 1.165) is 29.3 Å². The minimum Gasteiger partial charge on any atom is -0.457 e. The number of fused-ring (bicyclic) bond motifs is 11. The summed E-state index contributed by atoms with van der Waals surface area (Å²) in [5, 5.41) is 0. The summed E-state index contributed by atoms with van der Waals surface area (Å²) in [5.74, 6) is -23.6. The highest BCUT2D eigenvalue weighted by Gasteiger charge is 2.55. The van der Waals surface area contributed by atoms with Crippen molar-refractivity contribution >= 4 is 46.3 Å². The molecule has 0 aromatic heterocycles. The van der Waals surface area contributed by atoms with Gasteiger partial charge in [-0.05, 0) is 199 Å². The fraction of sp³-hybridized carbons (Fsp3) is 0.0222. The fourth-order valence-corrected chi connectivity index (χ4v) is 15.7. The van der Waals surface area contributed by atoms with E-state index in [-0.39, 0.29) is 84.3 Å². The molecule has 0 saturated heterocycles. The Balaban J connectivity index is 0.805. The standard InChI is InChI=1S/C90H49F13N2O2/c1-3-48-19-35-57(36-20-48)106-59-39-27-52(28-40-59)89(75-77(94)81(98)85(102)82(99)78(75)95)67-14-7-5-11-61(67)63-42-34-56(45-70(63)89)105(88-73(92)17-10-18-74(88)93)54-31-25-51(26-32-54)50-23-29-53(30-24-50)104-55-33-43-64-62-12-6-8-15-68(62)90(71(64)46-55,76-79(96)83(100)86(103)84(101)80(76)97)69-44-41-60(107-58-37-21-49(4-2)22-38-58)47-66(69)65-13-9-16-72(91)87(65)104/h3-47H,1-2H2. The van der Waals surface area contributed by atoms with Crippen molar-refractivity contribution in [2.75, 3.05) is 9.80 Å². The summed E-state index contributed by atoms with van der Waals surface area (Å²) in [6.45, 7) is 7.59. The molecule has 0 fully saturated rings. The van der Waals surface area contributed by atoms with Crippen molar-refractivity contribution in [3.05, 3.63) is 405 Å². The van der Waals surface area contributed by atoms with Crippen LogP contribution in [0.4, 0.5) is 91.2 Å². The van der Waals surface area contributed by atoms with Crippen molar-refractivity contribution in [3.8, 4) is 67.5 Å². The molecule has 0 spiro atoms. The number of hydrogen-bond donors (Lipinski definition) is 0. The van der Waals surface area contributed by atoms with Gasteiger partial charge >= 0.3 is 0 Å². The van der Waals surface area contributed by atoms with Crippen LogP contribution in [0.1, 0.15) is 55.6 Å². The average Bonchev–Trinajstić information content (AvgIpc) is 1.54. The van der Waals surface area contributed by atoms with Gasteiger partial charge in [-0.3, -0.25) is 0 Å². The van der Waals surface area contributed by atoms with Gasteiger partial charge in [-0.2, -0.15) is 0 Å². The maximum absolute atomic E-state index is 17.7. The summed E-state index contributed by atoms with van der Waals surface area (Å²) in [4.78, 5) is 2.80. The van der Waals surface area contributed by atoms with E-state index in [9.17, 15) is 0 Å². The van der Waals surface area contributed by atoms with Gasteiger partial charge in [-0.25, -0.2) is 57.1 Å². The molecule has 17 heteroatoms. The Bertz CT molecular complexity index is 5970. The first kappa shape index (κ1) is 67.0. The number of benzene rings is 14. The van der Waals surface area contributed by atoms with Crippen molar-refractivity contribution in [2.45, 2.75) is 10.8 Å². The van der Waals surface area contributed by atoms with Crippen molar-refractivity contribution in [2.24, 2.45) is 0 Å². The first-order chi connectivity index (χ1) is 51.8. The van der Waals surface area contributed by atoms with Gasteiger partial charge < -0.3 is 19.3 Å². The number of anilines is 6. The lowest BCUT2D eigenvalue weighted by atomic mass is 9.65. The second kappa shape index (κ2) is 25.6. The summed E-state index contributed by atoms with van der Waals surface area (Å²) >= 11 is 0. The fourth-order valence-electron chi connectivity index (χ4n) is 15.7. The molecule has 0 radical (unpaired) electrons. The van der Waals surface area contributed by atoms with Crippen LogP contribution in [0.3, 0.4) is 0 Å². The third-order valence-corrected chi connectivity index (χ3v) is 20.4. The molecule has 1 aliphatic heterocycles. The number of para-hydroxylation sites is 2. The van der Waals surface area contributed by atoms with Gasteiger partial charge in [0, 0.05) is 39.4 Å². The Morgan fingerprint density at radius 2 is 0.701 bits per heavy atom. The van der Waals surface area contributed by atoms with Gasteiger partial charge in [-0.15, -0.1) is 0 Å². The Kier molecular flexibility index (Phi) is 16.1. The maximum atomic E-state index is 17.7. The molecular formula is C90H49F13N2O2. The van der Waals surface area contributed by atoms with Crippen LogP contribution in [0.25, 0.3) is 56.7 Å². The van der Waals surface area contributed by atoms with Crippen LogP contribution in [-0.2, 0) is 10.8 Å². The maximum Gasteiger partial charge on any atom is 0.200 e. The molecule has 14 aromatic carbocycles. The molecular weight excluding hydrogens is 1390 g/mol. The molecule has 522 valence electrons. The number of rotatable bonds is 14. The second-order valence-corrected chi connectivity index (χ2v) is 25.9. The summed E-state index contributed by atoms with van der Waals surface area (Å²) in [7, 11) is 0. The first-order valence-electron chi connectivity index (χ1n) is 33.5. The average molecular weight is 1440 g/mol. The topological polar surface area (TPSA) is 24.9 Å². The molecule has 4 nitrogen and oxygen atoms in total. The van der Waals surface area contributed by atoms with Crippen LogP contribution >= 0.6 is 0 Å². The summed E-state index contributed by atoms with van der Waals surface area (Å²) < 4.78 is 227. The molecule has 1 heterocycles. The van der Waals surface area contributed by atoms with E-state index in [4.69, 9.17) is 9.47 Å². The molecule has 2 aliphatic carbocycles. The smallest absolute Gasteiger partial charge is 0.200 e. The third-order valence-electron chi connectivity index (χ3n) is 20.4. The number of ether oxygens (including phenoxy) is 2. The summed E-state index contributed by atoms with van der Waals surface area (Å²) in [6, 6.07) is 66.9. The van der Waals surface area contributed by atoms with Crippen molar-refractivity contribution in [3.63, 3.8) is 0 Å². The predicted octanol–water partition coefficient (Wildman–Crippen LogP) is 25.7. The Labute approximate surface area is 603 Å². The Hall–Kier alpha value is -13.2. The number of hydrogen-bond acceptors (Lipinski definition) is 4. The monoisotopic (exact) mass is 1440 g/mol. The largest absolute Gasteiger partial charge is 0.457 e. The highest BCUT2D eigenvalue weighted by Crippen LogP contribution is 2.64. The van der Waals surface area contributed by atoms with E-state index in [1.165, 1.54) is 77.7 Å². The number of nitrogens with zero attached hydrogens (tertiary/aromatic N) is 2. The molecule has 2 atom stereocenters. The lowest BCUT2D eigenvalue weighted by Gasteiger charge is -2.36. The SMILES string of the molecule is C=Cc1ccc(Oc2ccc(C3(c4c(F)c(F)c(F)c(F)c4F)c4ccccc4-c4ccc(N(c5ccc(-c6ccc(N7c8ccc9c(c8)C(c8c(F)c(F)c(F)c(F)c8F)(c8ccccc8-9)c8ccc(Oc9ccc(C=C)cc9)cc8-c8cccc(F)c87)cc6)cc5)c5c(F)cccc5F)cc43)cc2)cc1. The van der Waals surface area contributed by atoms with Crippen LogP contribution in [0, 0.1) is 75.6 Å². The Morgan fingerprint density at radius 1 is 0.299 bits per heavy atom. The van der Waals surface area contributed by atoms with E-state index >= 15 is 57.1 Å². The minimum absolute atomic E-state index is 0.0148. The zero-order chi connectivity index (χ0) is 74.1. The van der Waals surface area contributed by atoms with E-state index in [0.29, 0.717) is 45.0 Å². The number of halogens is 13. The summed E-state index contributed by atoms with van der Waals surface area (Å²) in [5.41, 5.74) is -2.50. The zero-order valence-corrected chi connectivity index (χ0v) is 55.5. The normalized spacial score (nSPS) is 14.9. The molecule has 0 N–H and O–H groups in total. The van der Waals surface area contributed by atoms with Gasteiger partial charge in [0.25, 0.3) is 0 Å². The molecule has 2 unspecified atom stereocenters. The van der Waals surface area contributed by atoms with Crippen molar-refractivity contribution in [1.29, 1.82) is 0 Å². The van der Waals surface area contributed by atoms with Crippen molar-refractivity contribution in [1.82, 2.24) is 0 Å². The lowest BCUT2D eigenvalue weighted by Crippen LogP contribution is -2.33. The molecule has 17 rings (SSSR count). The predicted molar refractivity (Wildman–Crippen MR) is 388 cm³/mol.